The molecule has 0 N–H and O–H groups in total. The number of nitrogens with zero attached hydrogens (tertiary/aromatic N) is 5. The summed E-state index contributed by atoms with van der Waals surface area (Å²) in [5.74, 6) is 1.21. The Kier molecular flexibility index (Phi) is 4.81. The lowest BCUT2D eigenvalue weighted by Gasteiger charge is -2.30. The molecule has 0 bridgehead atoms. The Hall–Kier alpha value is -2.13. The van der Waals surface area contributed by atoms with Gasteiger partial charge in [0.25, 0.3) is 17.8 Å². The van der Waals surface area contributed by atoms with Crippen molar-refractivity contribution in [2.75, 3.05) is 26.4 Å². The summed E-state index contributed by atoms with van der Waals surface area (Å²) < 4.78 is 2.95. The van der Waals surface area contributed by atoms with Crippen LogP contribution in [0.25, 0.3) is 0 Å². The molecule has 3 aliphatic rings. The van der Waals surface area contributed by atoms with Crippen LogP contribution in [0.15, 0.2) is 34.3 Å². The Morgan fingerprint density at radius 1 is 1.26 bits per heavy atom. The van der Waals surface area contributed by atoms with Crippen molar-refractivity contribution >= 4 is 50.8 Å². The average molecular weight is 403 g/mol. The highest BCUT2D eigenvalue weighted by molar-refractivity contribution is 8.45. The molecule has 7 nitrogen and oxygen atoms in total. The largest absolute Gasteiger partial charge is 0.365 e. The predicted octanol–water partition coefficient (Wildman–Crippen LogP) is 2.00. The number of carbonyl (C=O) groups is 2. The van der Waals surface area contributed by atoms with E-state index in [1.165, 1.54) is 28.6 Å². The number of amides is 3. The SMILES string of the molecule is Cc1ccccc1C[N+]1=C(SC2=NCCS2)N=C2C1C(=O)N(C)C(=O)N2C. The number of aryl methyl sites for hydroxylation is 1. The number of hydrogen-bond donors (Lipinski definition) is 0. The van der Waals surface area contributed by atoms with Gasteiger partial charge in [0.1, 0.15) is 10.9 Å². The second-order valence-electron chi connectivity index (χ2n) is 6.55. The van der Waals surface area contributed by atoms with Crippen LogP contribution in [0.5, 0.6) is 0 Å². The zero-order valence-electron chi connectivity index (χ0n) is 15.4. The van der Waals surface area contributed by atoms with E-state index >= 15 is 0 Å². The zero-order valence-corrected chi connectivity index (χ0v) is 17.0. The summed E-state index contributed by atoms with van der Waals surface area (Å²) in [5.41, 5.74) is 2.28. The standard InChI is InChI=1S/C18H20N5O2S2/c1-11-6-4-5-7-12(11)10-23-13-14(21(2)18(25)22(3)15(13)24)20-16(23)27-17-19-8-9-26-17/h4-7,13H,8-10H2,1-3H3/q+1. The van der Waals surface area contributed by atoms with E-state index in [-0.39, 0.29) is 11.9 Å². The van der Waals surface area contributed by atoms with Crippen molar-refractivity contribution in [3.63, 3.8) is 0 Å². The first kappa shape index (κ1) is 18.2. The van der Waals surface area contributed by atoms with Gasteiger partial charge in [-0.1, -0.05) is 36.0 Å². The molecule has 0 saturated carbocycles. The molecule has 1 fully saturated rings. The Morgan fingerprint density at radius 3 is 2.74 bits per heavy atom. The number of benzene rings is 1. The molecule has 3 aliphatic heterocycles. The lowest BCUT2D eigenvalue weighted by atomic mass is 10.1. The van der Waals surface area contributed by atoms with E-state index in [1.807, 2.05) is 16.7 Å². The zero-order chi connectivity index (χ0) is 19.1. The highest BCUT2D eigenvalue weighted by Gasteiger charge is 2.53. The molecule has 1 atom stereocenters. The summed E-state index contributed by atoms with van der Waals surface area (Å²) in [6, 6.07) is 7.16. The van der Waals surface area contributed by atoms with Gasteiger partial charge in [-0.25, -0.2) is 9.37 Å². The van der Waals surface area contributed by atoms with Crippen LogP contribution in [0.2, 0.25) is 0 Å². The van der Waals surface area contributed by atoms with E-state index in [2.05, 4.69) is 29.0 Å². The maximum atomic E-state index is 12.9. The summed E-state index contributed by atoms with van der Waals surface area (Å²) in [7, 11) is 3.18. The summed E-state index contributed by atoms with van der Waals surface area (Å²) in [6.07, 6.45) is 0. The molecule has 0 aliphatic carbocycles. The van der Waals surface area contributed by atoms with Gasteiger partial charge >= 0.3 is 11.2 Å². The summed E-state index contributed by atoms with van der Waals surface area (Å²) in [6.45, 7) is 3.41. The van der Waals surface area contributed by atoms with E-state index in [1.54, 1.807) is 18.8 Å². The van der Waals surface area contributed by atoms with Gasteiger partial charge in [0.15, 0.2) is 0 Å². The monoisotopic (exact) mass is 402 g/mol. The fraction of sp³-hybridized carbons (Fsp3) is 0.389. The Morgan fingerprint density at radius 2 is 2.04 bits per heavy atom. The lowest BCUT2D eigenvalue weighted by Crippen LogP contribution is -2.61. The van der Waals surface area contributed by atoms with Crippen LogP contribution in [-0.2, 0) is 11.3 Å². The van der Waals surface area contributed by atoms with E-state index in [4.69, 9.17) is 0 Å². The van der Waals surface area contributed by atoms with Crippen LogP contribution < -0.4 is 0 Å². The molecular formula is C18H20N5O2S2+. The van der Waals surface area contributed by atoms with E-state index < -0.39 is 6.04 Å². The third-order valence-electron chi connectivity index (χ3n) is 4.83. The molecule has 1 aromatic rings. The maximum Gasteiger partial charge on any atom is 0.365 e. The number of imide groups is 1. The summed E-state index contributed by atoms with van der Waals surface area (Å²) >= 11 is 3.18. The highest BCUT2D eigenvalue weighted by Crippen LogP contribution is 2.29. The van der Waals surface area contributed by atoms with Crippen LogP contribution in [0, 0.1) is 6.92 Å². The molecule has 3 heterocycles. The topological polar surface area (TPSA) is 68.3 Å². The van der Waals surface area contributed by atoms with Crippen LogP contribution in [0.4, 0.5) is 4.79 Å². The normalized spacial score (nSPS) is 22.4. The van der Waals surface area contributed by atoms with Crippen molar-refractivity contribution in [1.82, 2.24) is 9.80 Å². The Balaban J connectivity index is 1.76. The van der Waals surface area contributed by atoms with Crippen molar-refractivity contribution in [3.05, 3.63) is 35.4 Å². The number of aliphatic imine (C=N–C) groups is 2. The van der Waals surface area contributed by atoms with Gasteiger partial charge in [-0.05, 0) is 23.0 Å². The van der Waals surface area contributed by atoms with E-state index in [0.29, 0.717) is 12.4 Å². The molecule has 1 unspecified atom stereocenters. The molecule has 140 valence electrons. The highest BCUT2D eigenvalue weighted by atomic mass is 32.2. The van der Waals surface area contributed by atoms with Crippen molar-refractivity contribution in [2.45, 2.75) is 19.5 Å². The van der Waals surface area contributed by atoms with Gasteiger partial charge in [0, 0.05) is 31.6 Å². The second-order valence-corrected chi connectivity index (χ2v) is 8.84. The van der Waals surface area contributed by atoms with Gasteiger partial charge in [0.2, 0.25) is 0 Å². The molecule has 4 rings (SSSR count). The molecule has 3 amide bonds. The molecule has 0 radical (unpaired) electrons. The molecule has 9 heteroatoms. The number of amidine groups is 2. The van der Waals surface area contributed by atoms with Crippen molar-refractivity contribution in [1.29, 1.82) is 0 Å². The first-order valence-electron chi connectivity index (χ1n) is 8.64. The summed E-state index contributed by atoms with van der Waals surface area (Å²) in [5, 5.41) is 0.717. The van der Waals surface area contributed by atoms with Gasteiger partial charge in [-0.15, -0.1) is 0 Å². The number of urea groups is 1. The van der Waals surface area contributed by atoms with Gasteiger partial charge in [-0.2, -0.15) is 0 Å². The van der Waals surface area contributed by atoms with E-state index in [9.17, 15) is 9.59 Å². The predicted molar refractivity (Wildman–Crippen MR) is 110 cm³/mol. The van der Waals surface area contributed by atoms with Crippen molar-refractivity contribution in [3.8, 4) is 0 Å². The minimum Gasteiger partial charge on any atom is -0.270 e. The van der Waals surface area contributed by atoms with Crippen molar-refractivity contribution in [2.24, 2.45) is 9.98 Å². The van der Waals surface area contributed by atoms with Gasteiger partial charge < -0.3 is 0 Å². The minimum absolute atomic E-state index is 0.248. The van der Waals surface area contributed by atoms with Gasteiger partial charge in [-0.3, -0.25) is 19.6 Å². The fourth-order valence-electron chi connectivity index (χ4n) is 3.24. The van der Waals surface area contributed by atoms with Crippen LogP contribution in [0.3, 0.4) is 0 Å². The van der Waals surface area contributed by atoms with Crippen LogP contribution in [0.1, 0.15) is 11.1 Å². The molecule has 27 heavy (non-hydrogen) atoms. The third kappa shape index (κ3) is 3.19. The smallest absolute Gasteiger partial charge is 0.270 e. The first-order valence-corrected chi connectivity index (χ1v) is 10.4. The lowest BCUT2D eigenvalue weighted by molar-refractivity contribution is -0.548. The Labute approximate surface area is 166 Å². The molecular weight excluding hydrogens is 382 g/mol. The average Bonchev–Trinajstić information content (AvgIpc) is 3.29. The summed E-state index contributed by atoms with van der Waals surface area (Å²) in [4.78, 5) is 37.1. The second kappa shape index (κ2) is 7.12. The fourth-order valence-corrected chi connectivity index (χ4v) is 5.23. The number of carbonyl (C=O) groups excluding carboxylic acids is 2. The molecule has 1 saturated heterocycles. The molecule has 1 aromatic carbocycles. The Bertz CT molecular complexity index is 924. The first-order chi connectivity index (χ1) is 13.0. The molecule has 0 spiro atoms. The van der Waals surface area contributed by atoms with Crippen molar-refractivity contribution < 1.29 is 14.2 Å². The minimum atomic E-state index is -0.591. The van der Waals surface area contributed by atoms with E-state index in [0.717, 1.165) is 33.0 Å². The number of hydrogen-bond acceptors (Lipinski definition) is 6. The number of rotatable bonds is 2. The molecule has 0 aromatic heterocycles. The van der Waals surface area contributed by atoms with Crippen LogP contribution >= 0.6 is 23.5 Å². The van der Waals surface area contributed by atoms with Gasteiger partial charge in [0.05, 0.1) is 6.54 Å². The number of thioether (sulfide) groups is 2. The third-order valence-corrected chi connectivity index (χ3v) is 7.01. The maximum absolute atomic E-state index is 12.9. The van der Waals surface area contributed by atoms with Crippen LogP contribution in [-0.4, -0.2) is 74.1 Å². The number of fused-ring (bicyclic) bond motifs is 1. The quantitative estimate of drug-likeness (QED) is 0.710. The number of likely N-dealkylation sites (N-methyl/N-ethyl adjacent to an activating group) is 2.